The van der Waals surface area contributed by atoms with Gasteiger partial charge in [-0.05, 0) is 48.7 Å². The first kappa shape index (κ1) is 22.3. The molecule has 0 saturated carbocycles. The van der Waals surface area contributed by atoms with Gasteiger partial charge in [0.05, 0.1) is 28.5 Å². The minimum Gasteiger partial charge on any atom is -0.478 e. The standard InChI is InChI=1S/C26H24N6O3/c33-25(18-12-20(15-27-14-18)32-9-1-2-10-32)31-19-6-3-5-17(11-19)13-28-24-21-7-4-8-22(26(34)35)23(21)29-16-30-24/h3-8,11-12,14-16H,1-2,9-10,13H2,(H,31,33)(H,34,35)(H,28,29,30). The summed E-state index contributed by atoms with van der Waals surface area (Å²) >= 11 is 0. The Bertz CT molecular complexity index is 1400. The van der Waals surface area contributed by atoms with Crippen LogP contribution < -0.4 is 15.5 Å². The molecule has 0 aliphatic carbocycles. The van der Waals surface area contributed by atoms with E-state index >= 15 is 0 Å². The molecule has 9 nitrogen and oxygen atoms in total. The molecule has 0 unspecified atom stereocenters. The Kier molecular flexibility index (Phi) is 6.21. The molecule has 1 aliphatic heterocycles. The summed E-state index contributed by atoms with van der Waals surface area (Å²) in [6, 6.07) is 14.4. The van der Waals surface area contributed by atoms with Crippen LogP contribution in [0.4, 0.5) is 17.2 Å². The van der Waals surface area contributed by atoms with Gasteiger partial charge in [0.15, 0.2) is 0 Å². The smallest absolute Gasteiger partial charge is 0.337 e. The molecule has 0 spiro atoms. The predicted molar refractivity (Wildman–Crippen MR) is 134 cm³/mol. The van der Waals surface area contributed by atoms with Crippen LogP contribution in [0.1, 0.15) is 39.1 Å². The van der Waals surface area contributed by atoms with Crippen molar-refractivity contribution in [3.05, 3.63) is 83.9 Å². The molecule has 2 aromatic carbocycles. The van der Waals surface area contributed by atoms with E-state index in [0.717, 1.165) is 37.2 Å². The summed E-state index contributed by atoms with van der Waals surface area (Å²) in [5.41, 5.74) is 3.58. The number of pyridine rings is 1. The van der Waals surface area contributed by atoms with E-state index in [2.05, 4.69) is 30.5 Å². The van der Waals surface area contributed by atoms with Gasteiger partial charge < -0.3 is 20.6 Å². The number of hydrogen-bond donors (Lipinski definition) is 3. The number of carboxylic acids is 1. The number of aromatic carboxylic acids is 1. The molecule has 1 saturated heterocycles. The Morgan fingerprint density at radius 1 is 1.00 bits per heavy atom. The van der Waals surface area contributed by atoms with Gasteiger partial charge in [-0.3, -0.25) is 9.78 Å². The third kappa shape index (κ3) is 4.89. The number of hydrogen-bond acceptors (Lipinski definition) is 7. The average Bonchev–Trinajstić information content (AvgIpc) is 3.42. The lowest BCUT2D eigenvalue weighted by Gasteiger charge is -2.17. The van der Waals surface area contributed by atoms with Crippen molar-refractivity contribution in [3.8, 4) is 0 Å². The highest BCUT2D eigenvalue weighted by atomic mass is 16.4. The molecule has 1 aliphatic rings. The Hall–Kier alpha value is -4.53. The summed E-state index contributed by atoms with van der Waals surface area (Å²) in [5, 5.41) is 16.2. The number of aromatic nitrogens is 3. The summed E-state index contributed by atoms with van der Waals surface area (Å²) in [7, 11) is 0. The number of fused-ring (bicyclic) bond motifs is 1. The number of para-hydroxylation sites is 1. The van der Waals surface area contributed by atoms with Gasteiger partial charge in [-0.15, -0.1) is 0 Å². The lowest BCUT2D eigenvalue weighted by atomic mass is 10.1. The van der Waals surface area contributed by atoms with E-state index in [4.69, 9.17) is 0 Å². The van der Waals surface area contributed by atoms with E-state index in [1.165, 1.54) is 12.4 Å². The van der Waals surface area contributed by atoms with Gasteiger partial charge in [-0.25, -0.2) is 14.8 Å². The van der Waals surface area contributed by atoms with E-state index in [-0.39, 0.29) is 11.5 Å². The number of anilines is 3. The molecule has 2 aromatic heterocycles. The summed E-state index contributed by atoms with van der Waals surface area (Å²) in [6.45, 7) is 2.40. The monoisotopic (exact) mass is 468 g/mol. The van der Waals surface area contributed by atoms with Crippen LogP contribution in [0.25, 0.3) is 10.9 Å². The second-order valence-electron chi connectivity index (χ2n) is 8.36. The molecular formula is C26H24N6O3. The molecular weight excluding hydrogens is 444 g/mol. The minimum absolute atomic E-state index is 0.126. The molecule has 3 heterocycles. The third-order valence-corrected chi connectivity index (χ3v) is 6.00. The number of benzene rings is 2. The summed E-state index contributed by atoms with van der Waals surface area (Å²) in [5.74, 6) is -0.714. The summed E-state index contributed by atoms with van der Waals surface area (Å²) in [6.07, 6.45) is 7.03. The van der Waals surface area contributed by atoms with Crippen LogP contribution in [-0.4, -0.2) is 45.0 Å². The van der Waals surface area contributed by atoms with Gasteiger partial charge in [-0.2, -0.15) is 0 Å². The Labute approximate surface area is 201 Å². The Morgan fingerprint density at radius 2 is 1.83 bits per heavy atom. The van der Waals surface area contributed by atoms with E-state index in [1.54, 1.807) is 24.5 Å². The molecule has 5 rings (SSSR count). The van der Waals surface area contributed by atoms with Crippen molar-refractivity contribution in [1.29, 1.82) is 0 Å². The third-order valence-electron chi connectivity index (χ3n) is 6.00. The van der Waals surface area contributed by atoms with Crippen molar-refractivity contribution in [2.24, 2.45) is 0 Å². The normalized spacial score (nSPS) is 13.1. The second kappa shape index (κ2) is 9.76. The zero-order chi connectivity index (χ0) is 24.2. The first-order valence-corrected chi connectivity index (χ1v) is 11.4. The molecule has 3 N–H and O–H groups in total. The van der Waals surface area contributed by atoms with E-state index in [0.29, 0.717) is 34.5 Å². The van der Waals surface area contributed by atoms with Gasteiger partial charge in [0.1, 0.15) is 12.1 Å². The van der Waals surface area contributed by atoms with Crippen LogP contribution in [0.2, 0.25) is 0 Å². The molecule has 1 amide bonds. The summed E-state index contributed by atoms with van der Waals surface area (Å²) < 4.78 is 0. The number of carboxylic acid groups (broad SMARTS) is 1. The zero-order valence-corrected chi connectivity index (χ0v) is 18.9. The van der Waals surface area contributed by atoms with Gasteiger partial charge in [0.25, 0.3) is 5.91 Å². The lowest BCUT2D eigenvalue weighted by molar-refractivity contribution is 0.0698. The van der Waals surface area contributed by atoms with E-state index in [9.17, 15) is 14.7 Å². The van der Waals surface area contributed by atoms with Crippen molar-refractivity contribution in [3.63, 3.8) is 0 Å². The molecule has 0 radical (unpaired) electrons. The summed E-state index contributed by atoms with van der Waals surface area (Å²) in [4.78, 5) is 39.3. The van der Waals surface area contributed by atoms with Crippen LogP contribution in [0.15, 0.2) is 67.3 Å². The molecule has 0 bridgehead atoms. The minimum atomic E-state index is -1.04. The largest absolute Gasteiger partial charge is 0.478 e. The first-order valence-electron chi connectivity index (χ1n) is 11.4. The van der Waals surface area contributed by atoms with E-state index < -0.39 is 5.97 Å². The fraction of sp³-hybridized carbons (Fsp3) is 0.192. The molecule has 4 aromatic rings. The highest BCUT2D eigenvalue weighted by Crippen LogP contribution is 2.24. The van der Waals surface area contributed by atoms with Gasteiger partial charge in [0.2, 0.25) is 0 Å². The first-order chi connectivity index (χ1) is 17.1. The molecule has 9 heteroatoms. The number of nitrogens with one attached hydrogen (secondary N) is 2. The van der Waals surface area contributed by atoms with Crippen LogP contribution in [0.3, 0.4) is 0 Å². The SMILES string of the molecule is O=C(Nc1cccc(CNc2ncnc3c(C(=O)O)cccc23)c1)c1cncc(N2CCCC2)c1. The maximum absolute atomic E-state index is 12.9. The van der Waals surface area contributed by atoms with Crippen LogP contribution >= 0.6 is 0 Å². The fourth-order valence-electron chi connectivity index (χ4n) is 4.25. The van der Waals surface area contributed by atoms with Crippen molar-refractivity contribution in [2.75, 3.05) is 28.6 Å². The van der Waals surface area contributed by atoms with Crippen molar-refractivity contribution >= 4 is 40.0 Å². The maximum atomic E-state index is 12.9. The number of nitrogens with zero attached hydrogens (tertiary/aromatic N) is 4. The Morgan fingerprint density at radius 3 is 2.66 bits per heavy atom. The number of carbonyl (C=O) groups excluding carboxylic acids is 1. The molecule has 1 fully saturated rings. The maximum Gasteiger partial charge on any atom is 0.337 e. The topological polar surface area (TPSA) is 120 Å². The second-order valence-corrected chi connectivity index (χ2v) is 8.36. The zero-order valence-electron chi connectivity index (χ0n) is 18.9. The highest BCUT2D eigenvalue weighted by Gasteiger charge is 2.15. The van der Waals surface area contributed by atoms with Crippen LogP contribution in [0.5, 0.6) is 0 Å². The van der Waals surface area contributed by atoms with Crippen molar-refractivity contribution < 1.29 is 14.7 Å². The van der Waals surface area contributed by atoms with Gasteiger partial charge in [0, 0.05) is 36.9 Å². The number of carbonyl (C=O) groups is 2. The van der Waals surface area contributed by atoms with E-state index in [1.807, 2.05) is 30.3 Å². The quantitative estimate of drug-likeness (QED) is 0.369. The predicted octanol–water partition coefficient (Wildman–Crippen LogP) is 4.19. The van der Waals surface area contributed by atoms with Crippen LogP contribution in [-0.2, 0) is 6.54 Å². The number of rotatable bonds is 7. The van der Waals surface area contributed by atoms with Gasteiger partial charge in [-0.1, -0.05) is 18.2 Å². The molecule has 0 atom stereocenters. The van der Waals surface area contributed by atoms with Gasteiger partial charge >= 0.3 is 5.97 Å². The highest BCUT2D eigenvalue weighted by molar-refractivity contribution is 6.05. The fourth-order valence-corrected chi connectivity index (χ4v) is 4.25. The average molecular weight is 469 g/mol. The van der Waals surface area contributed by atoms with Crippen molar-refractivity contribution in [1.82, 2.24) is 15.0 Å². The van der Waals surface area contributed by atoms with Crippen molar-refractivity contribution in [2.45, 2.75) is 19.4 Å². The molecule has 176 valence electrons. The number of amides is 1. The van der Waals surface area contributed by atoms with Crippen LogP contribution in [0, 0.1) is 0 Å². The Balaban J connectivity index is 1.29. The lowest BCUT2D eigenvalue weighted by Crippen LogP contribution is -2.19. The molecule has 35 heavy (non-hydrogen) atoms.